The highest BCUT2D eigenvalue weighted by Gasteiger charge is 2.33. The van der Waals surface area contributed by atoms with Crippen LogP contribution in [0, 0.1) is 20.8 Å². The van der Waals surface area contributed by atoms with Crippen molar-refractivity contribution < 1.29 is 13.6 Å². The minimum absolute atomic E-state index is 0.148. The summed E-state index contributed by atoms with van der Waals surface area (Å²) in [5, 5.41) is 7.44. The van der Waals surface area contributed by atoms with Crippen molar-refractivity contribution >= 4 is 11.7 Å². The molecular weight excluding hydrogens is 437 g/mol. The second-order valence-corrected chi connectivity index (χ2v) is 9.29. The van der Waals surface area contributed by atoms with E-state index in [-0.39, 0.29) is 12.5 Å². The third-order valence-electron chi connectivity index (χ3n) is 6.46. The quantitative estimate of drug-likeness (QED) is 0.596. The zero-order chi connectivity index (χ0) is 23.8. The first-order valence-corrected chi connectivity index (χ1v) is 11.7. The molecule has 3 aromatic heterocycles. The average Bonchev–Trinajstić information content (AvgIpc) is 3.56. The molecule has 9 nitrogen and oxygen atoms in total. The van der Waals surface area contributed by atoms with E-state index >= 15 is 0 Å². The van der Waals surface area contributed by atoms with E-state index in [2.05, 4.69) is 30.2 Å². The number of nitrogens with one attached hydrogen (secondary N) is 1. The third-order valence-corrected chi connectivity index (χ3v) is 6.46. The van der Waals surface area contributed by atoms with Gasteiger partial charge in [0, 0.05) is 44.0 Å². The number of anilines is 1. The molecule has 2 saturated heterocycles. The highest BCUT2D eigenvalue weighted by molar-refractivity contribution is 5.91. The van der Waals surface area contributed by atoms with Crippen molar-refractivity contribution in [1.29, 1.82) is 0 Å². The normalized spacial score (nSPS) is 21.4. The first-order valence-electron chi connectivity index (χ1n) is 11.7. The van der Waals surface area contributed by atoms with E-state index in [1.165, 1.54) is 0 Å². The predicted molar refractivity (Wildman–Crippen MR) is 126 cm³/mol. The number of carbonyl (C=O) groups excluding carboxylic acids is 1. The van der Waals surface area contributed by atoms with Gasteiger partial charge in [0.25, 0.3) is 0 Å². The number of likely N-dealkylation sites (tertiary alicyclic amines) is 2. The Balaban J connectivity index is 1.32. The first-order chi connectivity index (χ1) is 16.3. The standard InChI is InChI=1S/C24H30FN7O2/c1-15-10-16(2)32(29-15)22-11-21(27-24(28-22)20-5-4-17(3)34-20)26-23(33)14-30-8-7-19(13-30)31-9-6-18(25)12-31/h4-5,10-11,18-19H,6-9,12-14H2,1-3H3,(H,26,27,28,33)/t18-,19-/m1/s1. The third kappa shape index (κ3) is 4.88. The molecule has 3 aromatic rings. The van der Waals surface area contributed by atoms with Crippen LogP contribution in [0.4, 0.5) is 10.2 Å². The van der Waals surface area contributed by atoms with Crippen LogP contribution in [-0.4, -0.2) is 80.4 Å². The van der Waals surface area contributed by atoms with Crippen molar-refractivity contribution in [2.75, 3.05) is 38.0 Å². The van der Waals surface area contributed by atoms with Gasteiger partial charge in [0.15, 0.2) is 17.4 Å². The molecule has 1 N–H and O–H groups in total. The van der Waals surface area contributed by atoms with Gasteiger partial charge in [-0.3, -0.25) is 14.6 Å². The van der Waals surface area contributed by atoms with E-state index < -0.39 is 6.17 Å². The Labute approximate surface area is 198 Å². The number of aromatic nitrogens is 4. The molecule has 5 heterocycles. The second kappa shape index (κ2) is 9.27. The van der Waals surface area contributed by atoms with Crippen LogP contribution in [0.1, 0.15) is 30.0 Å². The van der Waals surface area contributed by atoms with Gasteiger partial charge in [-0.2, -0.15) is 5.10 Å². The molecule has 0 bridgehead atoms. The van der Waals surface area contributed by atoms with E-state index in [0.717, 1.165) is 43.2 Å². The summed E-state index contributed by atoms with van der Waals surface area (Å²) < 4.78 is 21.0. The molecule has 2 aliphatic rings. The van der Waals surface area contributed by atoms with Gasteiger partial charge < -0.3 is 9.73 Å². The molecule has 0 spiro atoms. The monoisotopic (exact) mass is 467 g/mol. The van der Waals surface area contributed by atoms with Crippen molar-refractivity contribution in [2.45, 2.75) is 45.8 Å². The van der Waals surface area contributed by atoms with Crippen LogP contribution in [-0.2, 0) is 4.79 Å². The topological polar surface area (TPSA) is 92.3 Å². The molecule has 0 unspecified atom stereocenters. The molecule has 0 aromatic carbocycles. The summed E-state index contributed by atoms with van der Waals surface area (Å²) in [6.45, 7) is 8.90. The number of halogens is 1. The molecule has 10 heteroatoms. The molecule has 2 fully saturated rings. The summed E-state index contributed by atoms with van der Waals surface area (Å²) >= 11 is 0. The van der Waals surface area contributed by atoms with E-state index in [0.29, 0.717) is 42.2 Å². The van der Waals surface area contributed by atoms with Gasteiger partial charge in [0.1, 0.15) is 17.7 Å². The smallest absolute Gasteiger partial charge is 0.239 e. The molecule has 2 aliphatic heterocycles. The lowest BCUT2D eigenvalue weighted by molar-refractivity contribution is -0.117. The lowest BCUT2D eigenvalue weighted by Crippen LogP contribution is -2.38. The minimum atomic E-state index is -0.723. The van der Waals surface area contributed by atoms with Gasteiger partial charge in [-0.15, -0.1) is 0 Å². The predicted octanol–water partition coefficient (Wildman–Crippen LogP) is 2.90. The van der Waals surface area contributed by atoms with E-state index in [9.17, 15) is 9.18 Å². The maximum Gasteiger partial charge on any atom is 0.239 e. The van der Waals surface area contributed by atoms with Gasteiger partial charge >= 0.3 is 0 Å². The average molecular weight is 468 g/mol. The minimum Gasteiger partial charge on any atom is -0.458 e. The number of carbonyl (C=O) groups is 1. The van der Waals surface area contributed by atoms with Crippen molar-refractivity contribution in [3.63, 3.8) is 0 Å². The van der Waals surface area contributed by atoms with Gasteiger partial charge in [0.2, 0.25) is 5.91 Å². The van der Waals surface area contributed by atoms with Gasteiger partial charge in [0.05, 0.1) is 12.2 Å². The Morgan fingerprint density at radius 3 is 2.68 bits per heavy atom. The summed E-state index contributed by atoms with van der Waals surface area (Å²) in [4.78, 5) is 26.4. The lowest BCUT2D eigenvalue weighted by Gasteiger charge is -2.23. The molecule has 1 amide bonds. The maximum atomic E-state index is 13.6. The van der Waals surface area contributed by atoms with Gasteiger partial charge in [-0.1, -0.05) is 0 Å². The van der Waals surface area contributed by atoms with Crippen molar-refractivity contribution in [1.82, 2.24) is 29.5 Å². The zero-order valence-electron chi connectivity index (χ0n) is 19.8. The number of aryl methyl sites for hydroxylation is 3. The van der Waals surface area contributed by atoms with Crippen molar-refractivity contribution in [3.05, 3.63) is 41.4 Å². The number of rotatable bonds is 6. The Bertz CT molecular complexity index is 1190. The summed E-state index contributed by atoms with van der Waals surface area (Å²) in [5.41, 5.74) is 1.80. The Hall–Kier alpha value is -3.11. The van der Waals surface area contributed by atoms with Crippen LogP contribution in [0.2, 0.25) is 0 Å². The second-order valence-electron chi connectivity index (χ2n) is 9.29. The molecular formula is C24H30FN7O2. The Kier molecular flexibility index (Phi) is 6.18. The number of hydrogen-bond acceptors (Lipinski definition) is 7. The molecule has 180 valence electrons. The van der Waals surface area contributed by atoms with Gasteiger partial charge in [-0.25, -0.2) is 19.0 Å². The highest BCUT2D eigenvalue weighted by atomic mass is 19.1. The molecule has 34 heavy (non-hydrogen) atoms. The molecule has 0 saturated carbocycles. The fraction of sp³-hybridized carbons (Fsp3) is 0.500. The van der Waals surface area contributed by atoms with Crippen LogP contribution >= 0.6 is 0 Å². The molecule has 5 rings (SSSR count). The summed E-state index contributed by atoms with van der Waals surface area (Å²) in [6, 6.07) is 7.66. The largest absolute Gasteiger partial charge is 0.458 e. The molecule has 0 radical (unpaired) electrons. The molecule has 2 atom stereocenters. The van der Waals surface area contributed by atoms with Crippen molar-refractivity contribution in [2.24, 2.45) is 0 Å². The fourth-order valence-electron chi connectivity index (χ4n) is 4.85. The van der Waals surface area contributed by atoms with Crippen LogP contribution in [0.5, 0.6) is 0 Å². The summed E-state index contributed by atoms with van der Waals surface area (Å²) in [7, 11) is 0. The van der Waals surface area contributed by atoms with E-state index in [1.54, 1.807) is 10.7 Å². The summed E-state index contributed by atoms with van der Waals surface area (Å²) in [6.07, 6.45) is 0.843. The first kappa shape index (κ1) is 22.7. The van der Waals surface area contributed by atoms with Crippen LogP contribution in [0.25, 0.3) is 17.4 Å². The van der Waals surface area contributed by atoms with E-state index in [4.69, 9.17) is 4.42 Å². The number of alkyl halides is 1. The maximum absolute atomic E-state index is 13.6. The Morgan fingerprint density at radius 2 is 2.00 bits per heavy atom. The SMILES string of the molecule is Cc1cc(C)n(-c2cc(NC(=O)CN3CC[C@@H](N4CC[C@@H](F)C4)C3)nc(-c3ccc(C)o3)n2)n1. The number of amides is 1. The number of furan rings is 1. The number of nitrogens with zero attached hydrogens (tertiary/aromatic N) is 6. The molecule has 0 aliphatic carbocycles. The lowest BCUT2D eigenvalue weighted by atomic mass is 10.2. The van der Waals surface area contributed by atoms with Crippen molar-refractivity contribution in [3.8, 4) is 17.4 Å². The van der Waals surface area contributed by atoms with Gasteiger partial charge in [-0.05, 0) is 51.8 Å². The van der Waals surface area contributed by atoms with E-state index in [1.807, 2.05) is 39.0 Å². The van der Waals surface area contributed by atoms with Crippen LogP contribution < -0.4 is 5.32 Å². The van der Waals surface area contributed by atoms with Crippen LogP contribution in [0.3, 0.4) is 0 Å². The number of hydrogen-bond donors (Lipinski definition) is 1. The Morgan fingerprint density at radius 1 is 1.15 bits per heavy atom. The zero-order valence-corrected chi connectivity index (χ0v) is 19.8. The summed E-state index contributed by atoms with van der Waals surface area (Å²) in [5.74, 6) is 2.45. The van der Waals surface area contributed by atoms with Crippen LogP contribution in [0.15, 0.2) is 28.7 Å². The fourth-order valence-corrected chi connectivity index (χ4v) is 4.85. The highest BCUT2D eigenvalue weighted by Crippen LogP contribution is 2.24.